The van der Waals surface area contributed by atoms with Crippen molar-refractivity contribution in [1.82, 2.24) is 0 Å². The molecule has 31 heavy (non-hydrogen) atoms. The van der Waals surface area contributed by atoms with E-state index in [1.54, 1.807) is 5.57 Å². The largest absolute Gasteiger partial charge is 0.381 e. The molecule has 0 spiro atoms. The van der Waals surface area contributed by atoms with Crippen LogP contribution in [0.2, 0.25) is 0 Å². The Morgan fingerprint density at radius 1 is 1.06 bits per heavy atom. The Balaban J connectivity index is 0.00000166. The lowest BCUT2D eigenvalue weighted by Crippen LogP contribution is -2.36. The molecule has 0 heterocycles. The summed E-state index contributed by atoms with van der Waals surface area (Å²) in [4.78, 5) is 0. The summed E-state index contributed by atoms with van der Waals surface area (Å²) in [6.45, 7) is 18.2. The first-order valence-corrected chi connectivity index (χ1v) is 13.5. The second-order valence-corrected chi connectivity index (χ2v) is 11.0. The summed E-state index contributed by atoms with van der Waals surface area (Å²) in [6, 6.07) is 0. The van der Waals surface area contributed by atoms with Gasteiger partial charge < -0.3 is 4.74 Å². The number of rotatable bonds is 7. The maximum atomic E-state index is 5.63. The summed E-state index contributed by atoms with van der Waals surface area (Å²) in [5.74, 6) is 3.44. The first-order chi connectivity index (χ1) is 14.8. The third kappa shape index (κ3) is 6.59. The van der Waals surface area contributed by atoms with Gasteiger partial charge in [0.25, 0.3) is 0 Å². The van der Waals surface area contributed by atoms with Crippen LogP contribution in [-0.2, 0) is 4.74 Å². The maximum Gasteiger partial charge on any atom is 0.0614 e. The van der Waals surface area contributed by atoms with E-state index in [0.717, 1.165) is 42.9 Å². The molecule has 3 saturated carbocycles. The highest BCUT2D eigenvalue weighted by atomic mass is 16.5. The molecule has 3 aliphatic rings. The van der Waals surface area contributed by atoms with E-state index in [2.05, 4.69) is 46.4 Å². The van der Waals surface area contributed by atoms with Crippen LogP contribution in [0.1, 0.15) is 112 Å². The SMILES string of the molecule is C=C1CCC(OC)C/C1=C\C=C1/CCCC2(C)C1CCC2C(C)CCCC(C)C.CC. The zero-order chi connectivity index (χ0) is 23.0. The summed E-state index contributed by atoms with van der Waals surface area (Å²) in [5.41, 5.74) is 5.02. The monoisotopic (exact) mass is 428 g/mol. The molecule has 3 rings (SSSR count). The molecule has 178 valence electrons. The molecule has 0 amide bonds. The van der Waals surface area contributed by atoms with Crippen LogP contribution in [0.4, 0.5) is 0 Å². The van der Waals surface area contributed by atoms with Crippen molar-refractivity contribution in [3.63, 3.8) is 0 Å². The lowest BCUT2D eigenvalue weighted by Gasteiger charge is -2.44. The smallest absolute Gasteiger partial charge is 0.0614 e. The summed E-state index contributed by atoms with van der Waals surface area (Å²) < 4.78 is 5.63. The van der Waals surface area contributed by atoms with Crippen LogP contribution in [0, 0.1) is 29.1 Å². The Morgan fingerprint density at radius 2 is 1.81 bits per heavy atom. The highest BCUT2D eigenvalue weighted by Gasteiger charge is 2.50. The van der Waals surface area contributed by atoms with E-state index in [1.165, 1.54) is 62.5 Å². The normalized spacial score (nSPS) is 34.6. The lowest BCUT2D eigenvalue weighted by molar-refractivity contribution is 0.0907. The molecule has 0 aromatic rings. The van der Waals surface area contributed by atoms with Crippen molar-refractivity contribution in [2.24, 2.45) is 29.1 Å². The van der Waals surface area contributed by atoms with E-state index < -0.39 is 0 Å². The van der Waals surface area contributed by atoms with Gasteiger partial charge in [0.1, 0.15) is 0 Å². The molecular weight excluding hydrogens is 376 g/mol. The molecule has 0 bridgehead atoms. The Hall–Kier alpha value is -0.820. The number of methoxy groups -OCH3 is 1. The molecular formula is C30H52O. The van der Waals surface area contributed by atoms with Gasteiger partial charge in [0.2, 0.25) is 0 Å². The molecule has 5 unspecified atom stereocenters. The molecule has 5 atom stereocenters. The Morgan fingerprint density at radius 3 is 2.48 bits per heavy atom. The first-order valence-electron chi connectivity index (χ1n) is 13.5. The zero-order valence-electron chi connectivity index (χ0n) is 21.9. The minimum absolute atomic E-state index is 0.379. The number of hydrogen-bond donors (Lipinski definition) is 0. The number of allylic oxidation sites excluding steroid dienone is 4. The van der Waals surface area contributed by atoms with Gasteiger partial charge in [-0.25, -0.2) is 0 Å². The standard InChI is InChI=1S/C28H46O.C2H6/c1-20(2)9-7-10-22(4)26-16-17-27-23(11-8-18-28(26,27)5)13-14-24-19-25(29-6)15-12-21(24)3;1-2/h13-14,20,22,25-27H,3,7-12,15-19H2,1-2,4-6H3;1-2H3/b23-13+,24-14+;. The fourth-order valence-electron chi connectivity index (χ4n) is 6.85. The average molecular weight is 429 g/mol. The molecule has 0 aliphatic heterocycles. The highest BCUT2D eigenvalue weighted by molar-refractivity contribution is 5.36. The molecule has 0 saturated heterocycles. The van der Waals surface area contributed by atoms with E-state index in [4.69, 9.17) is 4.74 Å². The Kier molecular flexibility index (Phi) is 10.6. The molecule has 0 aromatic heterocycles. The quantitative estimate of drug-likeness (QED) is 0.392. The van der Waals surface area contributed by atoms with Crippen LogP contribution in [0.3, 0.4) is 0 Å². The second-order valence-electron chi connectivity index (χ2n) is 11.0. The van der Waals surface area contributed by atoms with Crippen LogP contribution < -0.4 is 0 Å². The van der Waals surface area contributed by atoms with Gasteiger partial charge >= 0.3 is 0 Å². The number of fused-ring (bicyclic) bond motifs is 1. The minimum atomic E-state index is 0.379. The van der Waals surface area contributed by atoms with Crippen molar-refractivity contribution in [3.8, 4) is 0 Å². The van der Waals surface area contributed by atoms with Crippen LogP contribution in [0.5, 0.6) is 0 Å². The van der Waals surface area contributed by atoms with Crippen LogP contribution in [-0.4, -0.2) is 13.2 Å². The topological polar surface area (TPSA) is 9.23 Å². The van der Waals surface area contributed by atoms with E-state index in [9.17, 15) is 0 Å². The van der Waals surface area contributed by atoms with E-state index in [0.29, 0.717) is 11.5 Å². The maximum absolute atomic E-state index is 5.63. The fourth-order valence-corrected chi connectivity index (χ4v) is 6.85. The number of hydrogen-bond acceptors (Lipinski definition) is 1. The highest BCUT2D eigenvalue weighted by Crippen LogP contribution is 2.59. The lowest BCUT2D eigenvalue weighted by atomic mass is 9.60. The van der Waals surface area contributed by atoms with Gasteiger partial charge in [-0.15, -0.1) is 0 Å². The van der Waals surface area contributed by atoms with Gasteiger partial charge in [0, 0.05) is 7.11 Å². The third-order valence-electron chi connectivity index (χ3n) is 8.67. The first kappa shape index (κ1) is 26.4. The van der Waals surface area contributed by atoms with Gasteiger partial charge in [-0.1, -0.05) is 90.7 Å². The summed E-state index contributed by atoms with van der Waals surface area (Å²) >= 11 is 0. The molecule has 1 heteroatoms. The molecule has 3 aliphatic carbocycles. The Bertz CT molecular complexity index is 624. The minimum Gasteiger partial charge on any atom is -0.381 e. The van der Waals surface area contributed by atoms with Gasteiger partial charge in [-0.2, -0.15) is 0 Å². The van der Waals surface area contributed by atoms with Crippen molar-refractivity contribution in [3.05, 3.63) is 35.5 Å². The van der Waals surface area contributed by atoms with Crippen molar-refractivity contribution < 1.29 is 4.74 Å². The average Bonchev–Trinajstić information content (AvgIpc) is 3.12. The molecule has 3 fully saturated rings. The van der Waals surface area contributed by atoms with Crippen LogP contribution in [0.25, 0.3) is 0 Å². The van der Waals surface area contributed by atoms with Crippen molar-refractivity contribution in [1.29, 1.82) is 0 Å². The van der Waals surface area contributed by atoms with Crippen LogP contribution in [0.15, 0.2) is 35.5 Å². The summed E-state index contributed by atoms with van der Waals surface area (Å²) in [6.07, 6.45) is 19.7. The second kappa shape index (κ2) is 12.4. The predicted octanol–water partition coefficient (Wildman–Crippen LogP) is 9.30. The summed E-state index contributed by atoms with van der Waals surface area (Å²) in [5, 5.41) is 0. The molecule has 0 N–H and O–H groups in total. The van der Waals surface area contributed by atoms with Gasteiger partial charge in [0.05, 0.1) is 6.10 Å². The molecule has 1 nitrogen and oxygen atoms in total. The van der Waals surface area contributed by atoms with Gasteiger partial charge in [-0.05, 0) is 86.0 Å². The Labute approximate surface area is 194 Å². The molecule has 0 radical (unpaired) electrons. The van der Waals surface area contributed by atoms with E-state index >= 15 is 0 Å². The third-order valence-corrected chi connectivity index (χ3v) is 8.67. The fraction of sp³-hybridized carbons (Fsp3) is 0.800. The van der Waals surface area contributed by atoms with Crippen molar-refractivity contribution in [2.45, 2.75) is 118 Å². The van der Waals surface area contributed by atoms with Crippen molar-refractivity contribution in [2.75, 3.05) is 7.11 Å². The van der Waals surface area contributed by atoms with E-state index in [-0.39, 0.29) is 0 Å². The van der Waals surface area contributed by atoms with Crippen molar-refractivity contribution >= 4 is 0 Å². The van der Waals surface area contributed by atoms with E-state index in [1.807, 2.05) is 21.0 Å². The van der Waals surface area contributed by atoms with Gasteiger partial charge in [0.15, 0.2) is 0 Å². The molecule has 0 aromatic carbocycles. The van der Waals surface area contributed by atoms with Crippen LogP contribution >= 0.6 is 0 Å². The number of ether oxygens (including phenoxy) is 1. The summed E-state index contributed by atoms with van der Waals surface area (Å²) in [7, 11) is 1.85. The predicted molar refractivity (Wildman–Crippen MR) is 137 cm³/mol. The zero-order valence-corrected chi connectivity index (χ0v) is 21.9. The van der Waals surface area contributed by atoms with Gasteiger partial charge in [-0.3, -0.25) is 0 Å².